The van der Waals surface area contributed by atoms with E-state index in [9.17, 15) is 4.79 Å². The fourth-order valence-corrected chi connectivity index (χ4v) is 5.82. The topological polar surface area (TPSA) is 41.1 Å². The summed E-state index contributed by atoms with van der Waals surface area (Å²) < 4.78 is 1.10. The third kappa shape index (κ3) is 3.12. The number of anilines is 1. The zero-order valence-electron chi connectivity index (χ0n) is 13.3. The number of hydrogen-bond donors (Lipinski definition) is 2. The molecular formula is C18H24BrClN2O. The van der Waals surface area contributed by atoms with Gasteiger partial charge in [-0.05, 0) is 74.1 Å². The van der Waals surface area contributed by atoms with Crippen molar-refractivity contribution >= 4 is 39.9 Å². The molecule has 5 rings (SSSR count). The minimum absolute atomic E-state index is 0. The first-order chi connectivity index (χ1) is 10.5. The van der Waals surface area contributed by atoms with E-state index in [1.807, 2.05) is 0 Å². The molecule has 0 aromatic heterocycles. The third-order valence-corrected chi connectivity index (χ3v) is 6.43. The van der Waals surface area contributed by atoms with E-state index in [1.165, 1.54) is 19.3 Å². The molecule has 4 saturated carbocycles. The highest BCUT2D eigenvalue weighted by Gasteiger charge is 2.57. The maximum Gasteiger partial charge on any atom is 0.217 e. The van der Waals surface area contributed by atoms with Gasteiger partial charge < -0.3 is 10.6 Å². The van der Waals surface area contributed by atoms with Crippen molar-refractivity contribution in [2.75, 3.05) is 5.32 Å². The molecule has 4 bridgehead atoms. The van der Waals surface area contributed by atoms with Crippen molar-refractivity contribution in [1.82, 2.24) is 5.32 Å². The molecule has 23 heavy (non-hydrogen) atoms. The average Bonchev–Trinajstić information content (AvgIpc) is 2.43. The van der Waals surface area contributed by atoms with Gasteiger partial charge in [0.15, 0.2) is 0 Å². The van der Waals surface area contributed by atoms with Gasteiger partial charge >= 0.3 is 0 Å². The van der Waals surface area contributed by atoms with Crippen LogP contribution in [0.3, 0.4) is 0 Å². The van der Waals surface area contributed by atoms with E-state index in [4.69, 9.17) is 0 Å². The van der Waals surface area contributed by atoms with Crippen LogP contribution in [0, 0.1) is 17.8 Å². The minimum atomic E-state index is -0.0341. The maximum atomic E-state index is 11.8. The predicted molar refractivity (Wildman–Crippen MR) is 98.9 cm³/mol. The molecule has 1 amide bonds. The summed E-state index contributed by atoms with van der Waals surface area (Å²) in [7, 11) is 0. The number of benzene rings is 1. The van der Waals surface area contributed by atoms with Crippen molar-refractivity contribution in [3.05, 3.63) is 28.7 Å². The number of carbonyl (C=O) groups is 1. The molecule has 4 aliphatic carbocycles. The van der Waals surface area contributed by atoms with Crippen LogP contribution in [0.15, 0.2) is 28.7 Å². The Morgan fingerprint density at radius 3 is 2.30 bits per heavy atom. The van der Waals surface area contributed by atoms with E-state index < -0.39 is 0 Å². The molecule has 0 saturated heterocycles. The summed E-state index contributed by atoms with van der Waals surface area (Å²) in [5.74, 6) is 2.44. The van der Waals surface area contributed by atoms with Crippen molar-refractivity contribution in [3.63, 3.8) is 0 Å². The summed E-state index contributed by atoms with van der Waals surface area (Å²) in [6.07, 6.45) is 6.32. The number of halogens is 2. The van der Waals surface area contributed by atoms with Gasteiger partial charge in [0.2, 0.25) is 5.91 Å². The largest absolute Gasteiger partial charge is 0.380 e. The Labute approximate surface area is 152 Å². The van der Waals surface area contributed by atoms with E-state index in [2.05, 4.69) is 50.8 Å². The number of hydrogen-bond acceptors (Lipinski definition) is 2. The average molecular weight is 400 g/mol. The zero-order valence-corrected chi connectivity index (χ0v) is 15.8. The quantitative estimate of drug-likeness (QED) is 0.792. The standard InChI is InChI=1S/C18H23BrN2O.ClH/c1-11(22)21-18-9-12-6-13(10-18)8-14(7-12)17(18)20-16-4-2-15(19)3-5-16;/h2-5,12-14,17,20H,6-10H2,1H3,(H,21,22);1H. The lowest BCUT2D eigenvalue weighted by atomic mass is 9.50. The second kappa shape index (κ2) is 6.29. The lowest BCUT2D eigenvalue weighted by molar-refractivity contribution is -0.125. The summed E-state index contributed by atoms with van der Waals surface area (Å²) in [5, 5.41) is 7.12. The molecule has 4 fully saturated rings. The SMILES string of the molecule is CC(=O)NC12CC3CC(CC(C3)C1Nc1ccc(Br)cc1)C2.Cl. The minimum Gasteiger partial charge on any atom is -0.380 e. The molecule has 3 atom stereocenters. The van der Waals surface area contributed by atoms with Gasteiger partial charge in [-0.1, -0.05) is 15.9 Å². The first kappa shape index (κ1) is 17.1. The van der Waals surface area contributed by atoms with Crippen LogP contribution in [0.1, 0.15) is 39.0 Å². The fraction of sp³-hybridized carbons (Fsp3) is 0.611. The van der Waals surface area contributed by atoms with Gasteiger partial charge in [-0.3, -0.25) is 4.79 Å². The zero-order chi connectivity index (χ0) is 15.3. The molecule has 0 aliphatic heterocycles. The molecule has 0 spiro atoms. The molecule has 4 aliphatic rings. The molecule has 126 valence electrons. The van der Waals surface area contributed by atoms with Crippen LogP contribution < -0.4 is 10.6 Å². The molecule has 0 radical (unpaired) electrons. The number of nitrogens with one attached hydrogen (secondary N) is 2. The van der Waals surface area contributed by atoms with Crippen molar-refractivity contribution in [1.29, 1.82) is 0 Å². The summed E-state index contributed by atoms with van der Waals surface area (Å²) in [5.41, 5.74) is 1.12. The van der Waals surface area contributed by atoms with Gasteiger partial charge in [-0.15, -0.1) is 12.4 Å². The van der Waals surface area contributed by atoms with Crippen LogP contribution >= 0.6 is 28.3 Å². The summed E-state index contributed by atoms with van der Waals surface area (Å²) in [6, 6.07) is 8.76. The van der Waals surface area contributed by atoms with Gasteiger partial charge in [0.05, 0.1) is 11.6 Å². The Bertz CT molecular complexity index is 577. The van der Waals surface area contributed by atoms with E-state index in [0.717, 1.165) is 34.8 Å². The van der Waals surface area contributed by atoms with Gasteiger partial charge in [-0.2, -0.15) is 0 Å². The lowest BCUT2D eigenvalue weighted by Gasteiger charge is -2.61. The summed E-state index contributed by atoms with van der Waals surface area (Å²) in [6.45, 7) is 1.66. The van der Waals surface area contributed by atoms with Gasteiger partial charge in [-0.25, -0.2) is 0 Å². The monoisotopic (exact) mass is 398 g/mol. The molecule has 2 N–H and O–H groups in total. The molecule has 1 aromatic rings. The van der Waals surface area contributed by atoms with Crippen molar-refractivity contribution < 1.29 is 4.79 Å². The first-order valence-electron chi connectivity index (χ1n) is 8.35. The van der Waals surface area contributed by atoms with Gasteiger partial charge in [0, 0.05) is 17.1 Å². The predicted octanol–water partition coefficient (Wildman–Crippen LogP) is 4.37. The molecular weight excluding hydrogens is 376 g/mol. The van der Waals surface area contributed by atoms with Gasteiger partial charge in [0.1, 0.15) is 0 Å². The van der Waals surface area contributed by atoms with Crippen LogP contribution in [0.5, 0.6) is 0 Å². The smallest absolute Gasteiger partial charge is 0.217 e. The Morgan fingerprint density at radius 2 is 1.74 bits per heavy atom. The first-order valence-corrected chi connectivity index (χ1v) is 9.14. The van der Waals surface area contributed by atoms with Crippen molar-refractivity contribution in [3.8, 4) is 0 Å². The molecule has 0 heterocycles. The van der Waals surface area contributed by atoms with E-state index >= 15 is 0 Å². The fourth-order valence-electron chi connectivity index (χ4n) is 5.55. The number of carbonyl (C=O) groups excluding carboxylic acids is 1. The number of rotatable bonds is 3. The molecule has 5 heteroatoms. The van der Waals surface area contributed by atoms with Gasteiger partial charge in [0.25, 0.3) is 0 Å². The highest BCUT2D eigenvalue weighted by atomic mass is 79.9. The highest BCUT2D eigenvalue weighted by Crippen LogP contribution is 2.56. The van der Waals surface area contributed by atoms with Crippen molar-refractivity contribution in [2.24, 2.45) is 17.8 Å². The highest BCUT2D eigenvalue weighted by molar-refractivity contribution is 9.10. The molecule has 3 nitrogen and oxygen atoms in total. The molecule has 3 unspecified atom stereocenters. The van der Waals surface area contributed by atoms with E-state index in [1.54, 1.807) is 6.92 Å². The Balaban J connectivity index is 0.00000156. The van der Waals surface area contributed by atoms with Crippen LogP contribution in [0.2, 0.25) is 0 Å². The summed E-state index contributed by atoms with van der Waals surface area (Å²) in [4.78, 5) is 11.8. The normalized spacial score (nSPS) is 37.1. The van der Waals surface area contributed by atoms with Crippen LogP contribution in [-0.2, 0) is 4.79 Å². The second-order valence-corrected chi connectivity index (χ2v) is 8.49. The third-order valence-electron chi connectivity index (χ3n) is 5.90. The Kier molecular flexibility index (Phi) is 4.67. The van der Waals surface area contributed by atoms with Crippen LogP contribution in [-0.4, -0.2) is 17.5 Å². The molecule has 1 aromatic carbocycles. The van der Waals surface area contributed by atoms with Crippen molar-refractivity contribution in [2.45, 2.75) is 50.6 Å². The Hall–Kier alpha value is -0.740. The van der Waals surface area contributed by atoms with E-state index in [0.29, 0.717) is 12.0 Å². The lowest BCUT2D eigenvalue weighted by Crippen LogP contribution is -2.70. The summed E-state index contributed by atoms with van der Waals surface area (Å²) >= 11 is 3.49. The Morgan fingerprint density at radius 1 is 1.13 bits per heavy atom. The van der Waals surface area contributed by atoms with Crippen LogP contribution in [0.4, 0.5) is 5.69 Å². The number of amides is 1. The van der Waals surface area contributed by atoms with E-state index in [-0.39, 0.29) is 23.9 Å². The van der Waals surface area contributed by atoms with Crippen LogP contribution in [0.25, 0.3) is 0 Å². The maximum absolute atomic E-state index is 11.8. The second-order valence-electron chi connectivity index (χ2n) is 7.57.